The van der Waals surface area contributed by atoms with Crippen molar-refractivity contribution < 1.29 is 4.79 Å². The molecule has 176 valence electrons. The van der Waals surface area contributed by atoms with Crippen LogP contribution in [0.5, 0.6) is 0 Å². The fraction of sp³-hybridized carbons (Fsp3) is 0.810. The standard InChI is InChI=1S/C21H37N7OS.HI/c1-4-5-10-22-21(23-15-19-26-25-16(2)27(19)3)24-18-8-6-17(7-9-18)20(29)28-11-13-30-14-12-28;/h17-18H,4-15H2,1-3H3,(H2,22,23,24);1H. The molecule has 1 saturated carbocycles. The van der Waals surface area contributed by atoms with Crippen molar-refractivity contribution in [3.63, 3.8) is 0 Å². The van der Waals surface area contributed by atoms with E-state index >= 15 is 0 Å². The molecule has 0 aromatic carbocycles. The Kier molecular flexibility index (Phi) is 11.4. The molecule has 1 amide bonds. The Hall–Kier alpha value is -1.04. The fourth-order valence-electron chi connectivity index (χ4n) is 3.99. The molecule has 0 atom stereocenters. The van der Waals surface area contributed by atoms with Crippen LogP contribution in [0.4, 0.5) is 0 Å². The maximum Gasteiger partial charge on any atom is 0.225 e. The van der Waals surface area contributed by atoms with Gasteiger partial charge in [0, 0.05) is 50.1 Å². The van der Waals surface area contributed by atoms with E-state index < -0.39 is 0 Å². The lowest BCUT2D eigenvalue weighted by Crippen LogP contribution is -2.47. The Morgan fingerprint density at radius 3 is 2.52 bits per heavy atom. The van der Waals surface area contributed by atoms with Gasteiger partial charge >= 0.3 is 0 Å². The molecule has 0 spiro atoms. The molecule has 1 aromatic heterocycles. The van der Waals surface area contributed by atoms with Crippen LogP contribution < -0.4 is 10.6 Å². The summed E-state index contributed by atoms with van der Waals surface area (Å²) in [6, 6.07) is 0.361. The number of nitrogens with one attached hydrogen (secondary N) is 2. The Bertz CT molecular complexity index is 713. The number of aliphatic imine (C=N–C) groups is 1. The lowest BCUT2D eigenvalue weighted by Gasteiger charge is -2.34. The van der Waals surface area contributed by atoms with E-state index in [1.54, 1.807) is 0 Å². The molecule has 1 aliphatic heterocycles. The SMILES string of the molecule is CCCCNC(=NCc1nnc(C)n1C)NC1CCC(C(=O)N2CCSCC2)CC1.I. The molecular weight excluding hydrogens is 525 g/mol. The van der Waals surface area contributed by atoms with E-state index in [1.165, 1.54) is 0 Å². The Morgan fingerprint density at radius 2 is 1.90 bits per heavy atom. The number of carbonyl (C=O) groups excluding carboxylic acids is 1. The van der Waals surface area contributed by atoms with Gasteiger partial charge in [0.05, 0.1) is 0 Å². The number of hydrogen-bond donors (Lipinski definition) is 2. The molecule has 3 rings (SSSR count). The summed E-state index contributed by atoms with van der Waals surface area (Å²) in [5.74, 6) is 5.32. The average Bonchev–Trinajstić information content (AvgIpc) is 3.10. The van der Waals surface area contributed by atoms with Gasteiger partial charge in [0.25, 0.3) is 0 Å². The molecule has 1 aromatic rings. The molecule has 2 N–H and O–H groups in total. The minimum atomic E-state index is 0. The van der Waals surface area contributed by atoms with Gasteiger partial charge in [-0.25, -0.2) is 4.99 Å². The Labute approximate surface area is 207 Å². The van der Waals surface area contributed by atoms with Crippen molar-refractivity contribution in [1.82, 2.24) is 30.3 Å². The minimum Gasteiger partial charge on any atom is -0.356 e. The molecule has 2 aliphatic rings. The quantitative estimate of drug-likeness (QED) is 0.230. The number of rotatable bonds is 7. The number of hydrogen-bond acceptors (Lipinski definition) is 5. The van der Waals surface area contributed by atoms with E-state index in [9.17, 15) is 4.79 Å². The fourth-order valence-corrected chi connectivity index (χ4v) is 4.90. The lowest BCUT2D eigenvalue weighted by atomic mass is 9.85. The number of amides is 1. The molecule has 1 aliphatic carbocycles. The van der Waals surface area contributed by atoms with Crippen LogP contribution in [0.1, 0.15) is 57.1 Å². The van der Waals surface area contributed by atoms with Gasteiger partial charge in [-0.2, -0.15) is 11.8 Å². The van der Waals surface area contributed by atoms with Gasteiger partial charge in [-0.15, -0.1) is 34.2 Å². The van der Waals surface area contributed by atoms with E-state index in [4.69, 9.17) is 4.99 Å². The van der Waals surface area contributed by atoms with Gasteiger partial charge in [0.2, 0.25) is 5.91 Å². The molecule has 31 heavy (non-hydrogen) atoms. The monoisotopic (exact) mass is 563 g/mol. The van der Waals surface area contributed by atoms with Crippen molar-refractivity contribution in [2.24, 2.45) is 18.0 Å². The van der Waals surface area contributed by atoms with Gasteiger partial charge in [0.15, 0.2) is 11.8 Å². The second-order valence-electron chi connectivity index (χ2n) is 8.30. The third kappa shape index (κ3) is 7.80. The van der Waals surface area contributed by atoms with E-state index in [0.29, 0.717) is 18.5 Å². The number of guanidine groups is 1. The van der Waals surface area contributed by atoms with Crippen LogP contribution in [0.3, 0.4) is 0 Å². The summed E-state index contributed by atoms with van der Waals surface area (Å²) in [6.07, 6.45) is 6.20. The molecule has 0 radical (unpaired) electrons. The largest absolute Gasteiger partial charge is 0.356 e. The van der Waals surface area contributed by atoms with E-state index in [1.807, 2.05) is 30.3 Å². The molecule has 0 unspecified atom stereocenters. The first-order chi connectivity index (χ1) is 14.6. The highest BCUT2D eigenvalue weighted by molar-refractivity contribution is 14.0. The maximum absolute atomic E-state index is 12.8. The first kappa shape index (κ1) is 26.2. The van der Waals surface area contributed by atoms with Crippen molar-refractivity contribution in [3.8, 4) is 0 Å². The zero-order valence-electron chi connectivity index (χ0n) is 19.1. The Morgan fingerprint density at radius 1 is 1.19 bits per heavy atom. The van der Waals surface area contributed by atoms with Gasteiger partial charge in [-0.1, -0.05) is 13.3 Å². The number of unbranched alkanes of at least 4 members (excludes halogenated alkanes) is 1. The summed E-state index contributed by atoms with van der Waals surface area (Å²) >= 11 is 1.95. The Balaban J connectivity index is 0.00000341. The molecule has 10 heteroatoms. The summed E-state index contributed by atoms with van der Waals surface area (Å²) < 4.78 is 1.98. The van der Waals surface area contributed by atoms with Crippen LogP contribution in [-0.2, 0) is 18.4 Å². The van der Waals surface area contributed by atoms with Crippen LogP contribution >= 0.6 is 35.7 Å². The third-order valence-corrected chi connectivity index (χ3v) is 7.07. The topological polar surface area (TPSA) is 87.4 Å². The summed E-state index contributed by atoms with van der Waals surface area (Å²) in [7, 11) is 1.97. The second-order valence-corrected chi connectivity index (χ2v) is 9.52. The molecule has 2 fully saturated rings. The first-order valence-corrected chi connectivity index (χ1v) is 12.5. The van der Waals surface area contributed by atoms with Gasteiger partial charge in [-0.3, -0.25) is 4.79 Å². The van der Waals surface area contributed by atoms with Crippen LogP contribution in [-0.4, -0.2) is 68.7 Å². The highest BCUT2D eigenvalue weighted by Crippen LogP contribution is 2.27. The van der Waals surface area contributed by atoms with Crippen molar-refractivity contribution in [2.45, 2.75) is 65.0 Å². The van der Waals surface area contributed by atoms with Crippen LogP contribution in [0.2, 0.25) is 0 Å². The molecule has 1 saturated heterocycles. The summed E-state index contributed by atoms with van der Waals surface area (Å²) in [5, 5.41) is 15.4. The van der Waals surface area contributed by atoms with Crippen LogP contribution in [0.25, 0.3) is 0 Å². The number of thioether (sulfide) groups is 1. The van der Waals surface area contributed by atoms with Crippen LogP contribution in [0.15, 0.2) is 4.99 Å². The van der Waals surface area contributed by atoms with E-state index in [-0.39, 0.29) is 29.9 Å². The lowest BCUT2D eigenvalue weighted by molar-refractivity contribution is -0.136. The molecule has 2 heterocycles. The summed E-state index contributed by atoms with van der Waals surface area (Å²) in [6.45, 7) is 7.37. The van der Waals surface area contributed by atoms with Gasteiger partial charge in [0.1, 0.15) is 12.4 Å². The van der Waals surface area contributed by atoms with Crippen molar-refractivity contribution in [3.05, 3.63) is 11.6 Å². The normalized spacial score (nSPS) is 22.0. The number of carbonyl (C=O) groups is 1. The predicted octanol–water partition coefficient (Wildman–Crippen LogP) is 2.71. The number of halogens is 1. The van der Waals surface area contributed by atoms with Crippen molar-refractivity contribution in [1.29, 1.82) is 0 Å². The van der Waals surface area contributed by atoms with Crippen molar-refractivity contribution >= 4 is 47.6 Å². The number of nitrogens with zero attached hydrogens (tertiary/aromatic N) is 5. The average molecular weight is 564 g/mol. The van der Waals surface area contributed by atoms with Gasteiger partial charge < -0.3 is 20.1 Å². The minimum absolute atomic E-state index is 0. The van der Waals surface area contributed by atoms with Gasteiger partial charge in [-0.05, 0) is 39.0 Å². The molecule has 0 bridgehead atoms. The summed E-state index contributed by atoms with van der Waals surface area (Å²) in [4.78, 5) is 19.6. The molecular formula is C21H38IN7OS. The third-order valence-electron chi connectivity index (χ3n) is 6.12. The van der Waals surface area contributed by atoms with Crippen LogP contribution in [0, 0.1) is 12.8 Å². The number of aromatic nitrogens is 3. The van der Waals surface area contributed by atoms with E-state index in [0.717, 1.165) is 87.3 Å². The molecule has 8 nitrogen and oxygen atoms in total. The summed E-state index contributed by atoms with van der Waals surface area (Å²) in [5.41, 5.74) is 0. The highest BCUT2D eigenvalue weighted by atomic mass is 127. The predicted molar refractivity (Wildman–Crippen MR) is 138 cm³/mol. The van der Waals surface area contributed by atoms with Crippen molar-refractivity contribution in [2.75, 3.05) is 31.1 Å². The second kappa shape index (κ2) is 13.5. The highest BCUT2D eigenvalue weighted by Gasteiger charge is 2.30. The van der Waals surface area contributed by atoms with E-state index in [2.05, 4.69) is 32.7 Å². The maximum atomic E-state index is 12.8. The zero-order chi connectivity index (χ0) is 21.3. The zero-order valence-corrected chi connectivity index (χ0v) is 22.2. The number of aryl methyl sites for hydroxylation is 1. The first-order valence-electron chi connectivity index (χ1n) is 11.3. The smallest absolute Gasteiger partial charge is 0.225 e.